The van der Waals surface area contributed by atoms with Crippen molar-refractivity contribution in [1.82, 2.24) is 9.55 Å². The summed E-state index contributed by atoms with van der Waals surface area (Å²) in [5.74, 6) is 0. The van der Waals surface area contributed by atoms with E-state index in [1.807, 2.05) is 0 Å². The maximum absolute atomic E-state index is 12.6. The van der Waals surface area contributed by atoms with Gasteiger partial charge < -0.3 is 64.1 Å². The number of phosphoric acid groups is 3. The summed E-state index contributed by atoms with van der Waals surface area (Å²) in [6, 6.07) is 0. The molecule has 0 amide bonds. The molecule has 2 heterocycles. The van der Waals surface area contributed by atoms with E-state index in [2.05, 4.69) is 0 Å². The first-order valence-corrected chi connectivity index (χ1v) is 12.8. The summed E-state index contributed by atoms with van der Waals surface area (Å²) in [4.78, 5) is 88.8. The van der Waals surface area contributed by atoms with Crippen LogP contribution in [0.3, 0.4) is 0 Å². The van der Waals surface area contributed by atoms with Crippen molar-refractivity contribution in [2.75, 3.05) is 6.61 Å². The minimum absolute atomic E-state index is 0.196. The maximum atomic E-state index is 12.6. The van der Waals surface area contributed by atoms with Gasteiger partial charge in [0.05, 0.1) is 6.61 Å². The van der Waals surface area contributed by atoms with Crippen molar-refractivity contribution in [3.05, 3.63) is 32.6 Å². The van der Waals surface area contributed by atoms with Gasteiger partial charge in [0.15, 0.2) is 6.23 Å². The summed E-state index contributed by atoms with van der Waals surface area (Å²) in [7, 11) is -13.9. The van der Waals surface area contributed by atoms with E-state index < -0.39 is 77.6 Å². The minimum atomic E-state index is -5.01. The Labute approximate surface area is 194 Å². The number of halogens is 3. The van der Waals surface area contributed by atoms with Crippen molar-refractivity contribution in [1.29, 1.82) is 0 Å². The van der Waals surface area contributed by atoms with Crippen LogP contribution < -0.4 is 11.2 Å². The fourth-order valence-corrected chi connectivity index (χ4v) is 1.99. The number of nitrogens with zero attached hydrogens (tertiary/aromatic N) is 1. The number of ether oxygens (including phenoxy) is 1. The zero-order valence-corrected chi connectivity index (χ0v) is 19.5. The topological polar surface area (TPSA) is 358 Å². The molecule has 0 spiro atoms. The highest BCUT2D eigenvalue weighted by molar-refractivity contribution is 7.45. The van der Waals surface area contributed by atoms with E-state index in [1.54, 1.807) is 0 Å². The van der Waals surface area contributed by atoms with Crippen LogP contribution in [-0.4, -0.2) is 93.8 Å². The van der Waals surface area contributed by atoms with Crippen molar-refractivity contribution in [2.45, 2.75) is 30.7 Å². The molecule has 0 saturated carbocycles. The van der Waals surface area contributed by atoms with Crippen LogP contribution in [0.2, 0.25) is 0 Å². The predicted octanol–water partition coefficient (Wildman–Crippen LogP) is -4.62. The third-order valence-corrected chi connectivity index (χ3v) is 3.06. The third-order valence-electron chi connectivity index (χ3n) is 3.06. The Morgan fingerprint density at radius 1 is 0.861 bits per heavy atom. The first kappa shape index (κ1) is 36.8. The summed E-state index contributed by atoms with van der Waals surface area (Å²) in [5, 5.41) is 28.1. The second kappa shape index (κ2) is 14.0. The standard InChI is InChI=1S/C10H11F3N2O6.3H3O4P/c11-10(12,13)3-1-15(9(20)14-7(3)19)8-6(18)5(17)4(2-16)21-8;3*1-5(2,3)4/h1,4-6,8,16-18H,2H2,(H,14,19,20);3*(H3,1,2,3,4)/t4-,5-,6-,8-;;;/m1.../s1. The number of aliphatic hydroxyl groups is 3. The lowest BCUT2D eigenvalue weighted by molar-refractivity contribution is -0.140. The lowest BCUT2D eigenvalue weighted by Gasteiger charge is -2.18. The number of aromatic nitrogens is 2. The van der Waals surface area contributed by atoms with Crippen LogP contribution in [0.5, 0.6) is 0 Å². The van der Waals surface area contributed by atoms with Crippen LogP contribution in [0.1, 0.15) is 11.8 Å². The van der Waals surface area contributed by atoms with E-state index >= 15 is 0 Å². The Balaban J connectivity index is 0. The lowest BCUT2D eigenvalue weighted by Crippen LogP contribution is -2.40. The van der Waals surface area contributed by atoms with Gasteiger partial charge in [0.25, 0.3) is 5.56 Å². The van der Waals surface area contributed by atoms with Gasteiger partial charge in [0.2, 0.25) is 0 Å². The van der Waals surface area contributed by atoms with E-state index in [-0.39, 0.29) is 6.20 Å². The molecular formula is C10H20F3N2O18P3. The van der Waals surface area contributed by atoms with Gasteiger partial charge in [-0.3, -0.25) is 14.3 Å². The molecule has 4 atom stereocenters. The van der Waals surface area contributed by atoms with Gasteiger partial charge in [-0.1, -0.05) is 0 Å². The number of rotatable bonds is 2. The molecule has 0 aromatic carbocycles. The molecule has 1 aromatic heterocycles. The van der Waals surface area contributed by atoms with Crippen LogP contribution >= 0.6 is 23.5 Å². The van der Waals surface area contributed by atoms with Gasteiger partial charge in [-0.05, 0) is 0 Å². The monoisotopic (exact) mass is 606 g/mol. The molecule has 36 heavy (non-hydrogen) atoms. The number of H-pyrrole nitrogens is 1. The zero-order chi connectivity index (χ0) is 29.4. The number of hydrogen-bond acceptors (Lipinski definition) is 9. The number of nitrogens with one attached hydrogen (secondary N) is 1. The van der Waals surface area contributed by atoms with E-state index in [0.717, 1.165) is 0 Å². The van der Waals surface area contributed by atoms with Crippen molar-refractivity contribution in [3.63, 3.8) is 0 Å². The van der Waals surface area contributed by atoms with Crippen molar-refractivity contribution < 1.29 is 91.0 Å². The Morgan fingerprint density at radius 3 is 1.50 bits per heavy atom. The van der Waals surface area contributed by atoms with Gasteiger partial charge in [0.1, 0.15) is 23.9 Å². The Bertz CT molecular complexity index is 1010. The fourth-order valence-electron chi connectivity index (χ4n) is 1.99. The van der Waals surface area contributed by atoms with Gasteiger partial charge >= 0.3 is 35.3 Å². The normalized spacial score (nSPS) is 22.3. The van der Waals surface area contributed by atoms with Gasteiger partial charge in [0, 0.05) is 6.20 Å². The molecular weight excluding hydrogens is 586 g/mol. The number of aromatic amines is 1. The first-order chi connectivity index (χ1) is 15.7. The number of alkyl halides is 3. The molecule has 2 rings (SSSR count). The predicted molar refractivity (Wildman–Crippen MR) is 102 cm³/mol. The molecule has 1 saturated heterocycles. The molecule has 0 aliphatic carbocycles. The highest BCUT2D eigenvalue weighted by Gasteiger charge is 2.45. The Morgan fingerprint density at radius 2 is 1.22 bits per heavy atom. The average molecular weight is 606 g/mol. The first-order valence-electron chi connectivity index (χ1n) is 8.06. The molecule has 0 bridgehead atoms. The summed E-state index contributed by atoms with van der Waals surface area (Å²) in [6.45, 7) is -0.709. The van der Waals surface area contributed by atoms with Crippen LogP contribution in [-0.2, 0) is 24.6 Å². The summed E-state index contributed by atoms with van der Waals surface area (Å²) >= 11 is 0. The molecule has 0 radical (unpaired) electrons. The molecule has 214 valence electrons. The van der Waals surface area contributed by atoms with E-state index in [4.69, 9.17) is 67.6 Å². The second-order valence-electron chi connectivity index (χ2n) is 5.98. The van der Waals surface area contributed by atoms with Gasteiger partial charge in [-0.25, -0.2) is 18.5 Å². The SMILES string of the molecule is O=P(O)(O)O.O=P(O)(O)O.O=P(O)(O)O.O=c1[nH]c(=O)n([C@@H]2O[C@H](CO)[C@@H](O)[C@H]2O)cc1C(F)(F)F. The number of hydrogen-bond donors (Lipinski definition) is 13. The van der Waals surface area contributed by atoms with Crippen LogP contribution in [0.15, 0.2) is 15.8 Å². The molecule has 13 N–H and O–H groups in total. The molecule has 1 fully saturated rings. The molecule has 0 unspecified atom stereocenters. The van der Waals surface area contributed by atoms with E-state index in [1.165, 1.54) is 4.98 Å². The average Bonchev–Trinajstić information content (AvgIpc) is 2.84. The highest BCUT2D eigenvalue weighted by Crippen LogP contribution is 2.30. The molecule has 1 aliphatic rings. The van der Waals surface area contributed by atoms with Gasteiger partial charge in [-0.2, -0.15) is 13.2 Å². The Hall–Kier alpha value is -1.36. The summed E-state index contributed by atoms with van der Waals surface area (Å²) in [6.07, 6.45) is -11.1. The summed E-state index contributed by atoms with van der Waals surface area (Å²) < 4.78 is 69.8. The Kier molecular flexibility index (Phi) is 14.3. The fraction of sp³-hybridized carbons (Fsp3) is 0.600. The van der Waals surface area contributed by atoms with Crippen LogP contribution in [0, 0.1) is 0 Å². The lowest BCUT2D eigenvalue weighted by atomic mass is 10.1. The molecule has 26 heteroatoms. The third kappa shape index (κ3) is 18.0. The molecule has 20 nitrogen and oxygen atoms in total. The zero-order valence-electron chi connectivity index (χ0n) is 16.8. The molecule has 1 aromatic rings. The second-order valence-corrected chi connectivity index (χ2v) is 9.06. The molecule has 1 aliphatic heterocycles. The summed E-state index contributed by atoms with van der Waals surface area (Å²) in [5.41, 5.74) is -4.53. The van der Waals surface area contributed by atoms with Crippen LogP contribution in [0.25, 0.3) is 0 Å². The van der Waals surface area contributed by atoms with E-state index in [9.17, 15) is 33.0 Å². The quantitative estimate of drug-likeness (QED) is 0.141. The smallest absolute Gasteiger partial charge is 0.394 e. The minimum Gasteiger partial charge on any atom is -0.394 e. The van der Waals surface area contributed by atoms with Crippen LogP contribution in [0.4, 0.5) is 13.2 Å². The largest absolute Gasteiger partial charge is 0.466 e. The van der Waals surface area contributed by atoms with Crippen molar-refractivity contribution in [2.24, 2.45) is 0 Å². The van der Waals surface area contributed by atoms with Gasteiger partial charge in [-0.15, -0.1) is 0 Å². The van der Waals surface area contributed by atoms with E-state index in [0.29, 0.717) is 4.57 Å². The maximum Gasteiger partial charge on any atom is 0.466 e. The number of aliphatic hydroxyl groups excluding tert-OH is 3. The van der Waals surface area contributed by atoms with Crippen molar-refractivity contribution >= 4 is 23.5 Å². The highest BCUT2D eigenvalue weighted by atomic mass is 31.2. The van der Waals surface area contributed by atoms with Crippen molar-refractivity contribution in [3.8, 4) is 0 Å².